The summed E-state index contributed by atoms with van der Waals surface area (Å²) in [5.41, 5.74) is 3.17. The Hall–Kier alpha value is -3.30. The largest absolute Gasteiger partial charge is 0.507 e. The van der Waals surface area contributed by atoms with Gasteiger partial charge in [0.2, 0.25) is 0 Å². The van der Waals surface area contributed by atoms with Gasteiger partial charge in [0.25, 0.3) is 5.91 Å². The molecule has 1 saturated heterocycles. The maximum Gasteiger partial charge on any atom is 0.258 e. The van der Waals surface area contributed by atoms with Gasteiger partial charge in [-0.05, 0) is 35.2 Å². The van der Waals surface area contributed by atoms with Crippen molar-refractivity contribution in [2.45, 2.75) is 26.9 Å². The number of aromatic hydroxyl groups is 1. The Bertz CT molecular complexity index is 1200. The number of carbonyl (C=O) groups excluding carboxylic acids is 1. The lowest BCUT2D eigenvalue weighted by Crippen LogP contribution is -2.44. The molecule has 3 heterocycles. The maximum atomic E-state index is 13.4. The number of nitrogens with zero attached hydrogens (tertiary/aromatic N) is 3. The standard InChI is InChI=1S/C26H34N6O3/c1-17(2)14-28-25-21-12-22(24(33)13-23(21)29-30-25)26(34)32-15-18-3-4-20(11-19(18)16-32)35-10-9-31-7-5-27-6-8-31/h3-4,11-13,17,27,33H,5-10,14-16H2,1-2H3,(H2,28,29,30). The van der Waals surface area contributed by atoms with Crippen LogP contribution in [0, 0.1) is 5.92 Å². The Morgan fingerprint density at radius 3 is 2.77 bits per heavy atom. The van der Waals surface area contributed by atoms with Gasteiger partial charge in [0.1, 0.15) is 18.1 Å². The first-order chi connectivity index (χ1) is 17.0. The highest BCUT2D eigenvalue weighted by Gasteiger charge is 2.27. The van der Waals surface area contributed by atoms with Crippen LogP contribution in [0.15, 0.2) is 30.3 Å². The number of benzene rings is 2. The van der Waals surface area contributed by atoms with Crippen LogP contribution < -0.4 is 15.4 Å². The molecule has 35 heavy (non-hydrogen) atoms. The predicted octanol–water partition coefficient (Wildman–Crippen LogP) is 2.78. The van der Waals surface area contributed by atoms with E-state index in [9.17, 15) is 9.90 Å². The fourth-order valence-corrected chi connectivity index (χ4v) is 4.66. The molecule has 0 spiro atoms. The van der Waals surface area contributed by atoms with Gasteiger partial charge in [-0.3, -0.25) is 14.8 Å². The van der Waals surface area contributed by atoms with Crippen molar-refractivity contribution < 1.29 is 14.6 Å². The Balaban J connectivity index is 1.25. The predicted molar refractivity (Wildman–Crippen MR) is 136 cm³/mol. The lowest BCUT2D eigenvalue weighted by molar-refractivity contribution is 0.0748. The molecule has 3 aromatic rings. The molecular formula is C26H34N6O3. The Morgan fingerprint density at radius 1 is 1.17 bits per heavy atom. The summed E-state index contributed by atoms with van der Waals surface area (Å²) in [6.45, 7) is 11.7. The van der Waals surface area contributed by atoms with E-state index in [2.05, 4.69) is 39.6 Å². The van der Waals surface area contributed by atoms with Gasteiger partial charge in [0.15, 0.2) is 5.82 Å². The Kier molecular flexibility index (Phi) is 6.79. The average Bonchev–Trinajstić information content (AvgIpc) is 3.45. The van der Waals surface area contributed by atoms with Crippen molar-refractivity contribution in [1.82, 2.24) is 25.3 Å². The molecule has 9 nitrogen and oxygen atoms in total. The third-order valence-electron chi connectivity index (χ3n) is 6.66. The highest BCUT2D eigenvalue weighted by molar-refractivity contribution is 6.03. The molecule has 0 saturated carbocycles. The third-order valence-corrected chi connectivity index (χ3v) is 6.66. The summed E-state index contributed by atoms with van der Waals surface area (Å²) in [4.78, 5) is 17.5. The monoisotopic (exact) mass is 478 g/mol. The van der Waals surface area contributed by atoms with Crippen LogP contribution >= 0.6 is 0 Å². The number of nitrogens with one attached hydrogen (secondary N) is 3. The van der Waals surface area contributed by atoms with Gasteiger partial charge < -0.3 is 25.4 Å². The third kappa shape index (κ3) is 5.21. The zero-order valence-electron chi connectivity index (χ0n) is 20.4. The summed E-state index contributed by atoms with van der Waals surface area (Å²) in [6, 6.07) is 9.35. The number of H-pyrrole nitrogens is 1. The molecule has 0 aliphatic carbocycles. The smallest absolute Gasteiger partial charge is 0.258 e. The zero-order chi connectivity index (χ0) is 24.4. The minimum atomic E-state index is -0.196. The fourth-order valence-electron chi connectivity index (χ4n) is 4.66. The van der Waals surface area contributed by atoms with Crippen LogP contribution in [-0.4, -0.2) is 76.9 Å². The number of carbonyl (C=O) groups is 1. The highest BCUT2D eigenvalue weighted by Crippen LogP contribution is 2.33. The van der Waals surface area contributed by atoms with E-state index in [4.69, 9.17) is 4.74 Å². The number of ether oxygens (including phenoxy) is 1. The molecule has 5 rings (SSSR count). The summed E-state index contributed by atoms with van der Waals surface area (Å²) >= 11 is 0. The molecule has 9 heteroatoms. The number of piperazine rings is 1. The first-order valence-electron chi connectivity index (χ1n) is 12.4. The van der Waals surface area contributed by atoms with Crippen molar-refractivity contribution in [3.05, 3.63) is 47.0 Å². The van der Waals surface area contributed by atoms with Crippen LogP contribution in [0.5, 0.6) is 11.5 Å². The molecule has 4 N–H and O–H groups in total. The number of amides is 1. The number of fused-ring (bicyclic) bond motifs is 2. The van der Waals surface area contributed by atoms with Crippen molar-refractivity contribution in [2.24, 2.45) is 5.92 Å². The molecule has 0 bridgehead atoms. The van der Waals surface area contributed by atoms with Gasteiger partial charge in [0, 0.05) is 63.8 Å². The van der Waals surface area contributed by atoms with Crippen LogP contribution in [0.25, 0.3) is 10.9 Å². The first kappa shape index (κ1) is 23.4. The number of aromatic amines is 1. The Morgan fingerprint density at radius 2 is 1.97 bits per heavy atom. The SMILES string of the molecule is CC(C)CNc1n[nH]c2cc(O)c(C(=O)N3Cc4ccc(OCCN5CCNCC5)cc4C3)cc12. The maximum absolute atomic E-state index is 13.4. The van der Waals surface area contributed by atoms with Gasteiger partial charge in [-0.15, -0.1) is 0 Å². The summed E-state index contributed by atoms with van der Waals surface area (Å²) in [5, 5.41) is 25.3. The minimum Gasteiger partial charge on any atom is -0.507 e. The summed E-state index contributed by atoms with van der Waals surface area (Å²) < 4.78 is 6.00. The number of phenolic OH excluding ortho intramolecular Hbond substituents is 1. The molecule has 1 aromatic heterocycles. The van der Waals surface area contributed by atoms with Crippen molar-refractivity contribution >= 4 is 22.6 Å². The van der Waals surface area contributed by atoms with E-state index in [1.807, 2.05) is 18.2 Å². The fraction of sp³-hybridized carbons (Fsp3) is 0.462. The molecule has 2 aliphatic rings. The van der Waals surface area contributed by atoms with Gasteiger partial charge in [-0.25, -0.2) is 0 Å². The van der Waals surface area contributed by atoms with Gasteiger partial charge in [0.05, 0.1) is 11.1 Å². The molecule has 2 aliphatic heterocycles. The molecule has 0 radical (unpaired) electrons. The van der Waals surface area contributed by atoms with E-state index in [-0.39, 0.29) is 17.2 Å². The second-order valence-electron chi connectivity index (χ2n) is 9.79. The summed E-state index contributed by atoms with van der Waals surface area (Å²) in [7, 11) is 0. The van der Waals surface area contributed by atoms with Crippen LogP contribution in [0.3, 0.4) is 0 Å². The lowest BCUT2D eigenvalue weighted by atomic mass is 10.1. The van der Waals surface area contributed by atoms with E-state index in [0.717, 1.165) is 61.5 Å². The van der Waals surface area contributed by atoms with E-state index >= 15 is 0 Å². The second-order valence-corrected chi connectivity index (χ2v) is 9.79. The van der Waals surface area contributed by atoms with Crippen molar-refractivity contribution in [2.75, 3.05) is 51.2 Å². The van der Waals surface area contributed by atoms with Crippen molar-refractivity contribution in [3.8, 4) is 11.5 Å². The molecular weight excluding hydrogens is 444 g/mol. The number of anilines is 1. The van der Waals surface area contributed by atoms with Gasteiger partial charge >= 0.3 is 0 Å². The average molecular weight is 479 g/mol. The van der Waals surface area contributed by atoms with E-state index in [0.29, 0.717) is 36.9 Å². The quantitative estimate of drug-likeness (QED) is 0.395. The van der Waals surface area contributed by atoms with Crippen LogP contribution in [0.1, 0.15) is 35.3 Å². The zero-order valence-corrected chi connectivity index (χ0v) is 20.4. The molecule has 186 valence electrons. The molecule has 1 amide bonds. The lowest BCUT2D eigenvalue weighted by Gasteiger charge is -2.26. The first-order valence-corrected chi connectivity index (χ1v) is 12.4. The number of aromatic nitrogens is 2. The van der Waals surface area contributed by atoms with Crippen molar-refractivity contribution in [1.29, 1.82) is 0 Å². The van der Waals surface area contributed by atoms with E-state index in [1.54, 1.807) is 17.0 Å². The van der Waals surface area contributed by atoms with E-state index < -0.39 is 0 Å². The summed E-state index contributed by atoms with van der Waals surface area (Å²) in [5.74, 6) is 1.73. The van der Waals surface area contributed by atoms with Gasteiger partial charge in [-0.1, -0.05) is 19.9 Å². The highest BCUT2D eigenvalue weighted by atomic mass is 16.5. The number of hydrogen-bond acceptors (Lipinski definition) is 7. The molecule has 0 unspecified atom stereocenters. The topological polar surface area (TPSA) is 106 Å². The van der Waals surface area contributed by atoms with Crippen LogP contribution in [0.4, 0.5) is 5.82 Å². The molecule has 0 atom stereocenters. The van der Waals surface area contributed by atoms with E-state index in [1.165, 1.54) is 0 Å². The number of rotatable bonds is 8. The minimum absolute atomic E-state index is 0.0468. The van der Waals surface area contributed by atoms with Crippen molar-refractivity contribution in [3.63, 3.8) is 0 Å². The molecule has 1 fully saturated rings. The number of hydrogen-bond donors (Lipinski definition) is 4. The number of phenols is 1. The summed E-state index contributed by atoms with van der Waals surface area (Å²) in [6.07, 6.45) is 0. The second kappa shape index (κ2) is 10.1. The van der Waals surface area contributed by atoms with Crippen LogP contribution in [-0.2, 0) is 13.1 Å². The molecule has 2 aromatic carbocycles. The van der Waals surface area contributed by atoms with Crippen LogP contribution in [0.2, 0.25) is 0 Å². The van der Waals surface area contributed by atoms with Gasteiger partial charge in [-0.2, -0.15) is 5.10 Å². The normalized spacial score (nSPS) is 16.1. The Labute approximate surface area is 205 Å².